The van der Waals surface area contributed by atoms with Crippen molar-refractivity contribution in [2.24, 2.45) is 0 Å². The third kappa shape index (κ3) is 3.46. The first-order chi connectivity index (χ1) is 11.6. The summed E-state index contributed by atoms with van der Waals surface area (Å²) >= 11 is 5.93. The molecule has 0 saturated heterocycles. The fraction of sp³-hybridized carbons (Fsp3) is 0.250. The van der Waals surface area contributed by atoms with E-state index in [1.165, 1.54) is 16.8 Å². The smallest absolute Gasteiger partial charge is 0.272 e. The summed E-state index contributed by atoms with van der Waals surface area (Å²) in [5.41, 5.74) is 1.44. The van der Waals surface area contributed by atoms with Gasteiger partial charge in [0, 0.05) is 25.0 Å². The number of rotatable bonds is 5. The second kappa shape index (κ2) is 6.84. The van der Waals surface area contributed by atoms with E-state index < -0.39 is 0 Å². The maximum Gasteiger partial charge on any atom is 0.272 e. The number of aryl methyl sites for hydroxylation is 1. The van der Waals surface area contributed by atoms with Crippen LogP contribution in [0.2, 0.25) is 5.02 Å². The second-order valence-corrected chi connectivity index (χ2v) is 5.74. The number of pyridine rings is 1. The summed E-state index contributed by atoms with van der Waals surface area (Å²) in [6, 6.07) is 6.33. The maximum absolute atomic E-state index is 12.2. The fourth-order valence-electron chi connectivity index (χ4n) is 2.31. The first-order valence-electron chi connectivity index (χ1n) is 7.56. The zero-order valence-corrected chi connectivity index (χ0v) is 13.8. The molecule has 24 heavy (non-hydrogen) atoms. The summed E-state index contributed by atoms with van der Waals surface area (Å²) in [6.45, 7) is 2.68. The van der Waals surface area contributed by atoms with Gasteiger partial charge in [0.05, 0.1) is 17.3 Å². The number of carbonyl (C=O) groups is 1. The van der Waals surface area contributed by atoms with Crippen LogP contribution < -0.4 is 10.9 Å². The Balaban J connectivity index is 1.72. The van der Waals surface area contributed by atoms with Crippen LogP contribution >= 0.6 is 11.6 Å². The monoisotopic (exact) mass is 345 g/mol. The highest BCUT2D eigenvalue weighted by atomic mass is 35.5. The van der Waals surface area contributed by atoms with Crippen LogP contribution in [0.1, 0.15) is 29.5 Å². The van der Waals surface area contributed by atoms with Crippen LogP contribution in [0.5, 0.6) is 0 Å². The molecule has 0 radical (unpaired) electrons. The van der Waals surface area contributed by atoms with E-state index in [0.29, 0.717) is 17.3 Å². The number of nitrogens with one attached hydrogen (secondary N) is 1. The molecule has 3 aromatic heterocycles. The van der Waals surface area contributed by atoms with E-state index in [-0.39, 0.29) is 23.7 Å². The van der Waals surface area contributed by atoms with Crippen LogP contribution in [0, 0.1) is 0 Å². The number of halogens is 1. The number of hydrogen-bond donors (Lipinski definition) is 1. The van der Waals surface area contributed by atoms with Crippen molar-refractivity contribution in [1.29, 1.82) is 0 Å². The van der Waals surface area contributed by atoms with Gasteiger partial charge >= 0.3 is 0 Å². The SMILES string of the molecule is CCCn1nc(C(=O)NCc2cn3cc(Cl)ccc3n2)ccc1=O. The lowest BCUT2D eigenvalue weighted by Crippen LogP contribution is -2.29. The molecule has 3 heterocycles. The van der Waals surface area contributed by atoms with E-state index in [0.717, 1.165) is 12.1 Å². The molecule has 8 heteroatoms. The van der Waals surface area contributed by atoms with Crippen LogP contribution in [0.4, 0.5) is 0 Å². The van der Waals surface area contributed by atoms with E-state index >= 15 is 0 Å². The van der Waals surface area contributed by atoms with Crippen molar-refractivity contribution >= 4 is 23.2 Å². The average Bonchev–Trinajstić information content (AvgIpc) is 2.96. The molecule has 0 aromatic carbocycles. The number of imidazole rings is 1. The summed E-state index contributed by atoms with van der Waals surface area (Å²) < 4.78 is 3.09. The molecule has 0 unspecified atom stereocenters. The highest BCUT2D eigenvalue weighted by Gasteiger charge is 2.10. The summed E-state index contributed by atoms with van der Waals surface area (Å²) in [5, 5.41) is 7.44. The quantitative estimate of drug-likeness (QED) is 0.765. The van der Waals surface area contributed by atoms with Gasteiger partial charge in [-0.2, -0.15) is 5.10 Å². The maximum atomic E-state index is 12.2. The molecule has 3 aromatic rings. The molecule has 7 nitrogen and oxygen atoms in total. The van der Waals surface area contributed by atoms with Gasteiger partial charge in [0.2, 0.25) is 0 Å². The third-order valence-electron chi connectivity index (χ3n) is 3.43. The van der Waals surface area contributed by atoms with Crippen LogP contribution in [-0.4, -0.2) is 25.1 Å². The molecule has 0 aliphatic rings. The Kier molecular flexibility index (Phi) is 4.61. The van der Waals surface area contributed by atoms with E-state index in [9.17, 15) is 9.59 Å². The number of hydrogen-bond acceptors (Lipinski definition) is 4. The van der Waals surface area contributed by atoms with Gasteiger partial charge < -0.3 is 9.72 Å². The van der Waals surface area contributed by atoms with Gasteiger partial charge in [-0.1, -0.05) is 18.5 Å². The minimum Gasteiger partial charge on any atom is -0.345 e. The number of fused-ring (bicyclic) bond motifs is 1. The van der Waals surface area contributed by atoms with Gasteiger partial charge in [-0.05, 0) is 24.6 Å². The van der Waals surface area contributed by atoms with Crippen LogP contribution in [0.3, 0.4) is 0 Å². The summed E-state index contributed by atoms with van der Waals surface area (Å²) in [6.07, 6.45) is 4.31. The molecule has 124 valence electrons. The lowest BCUT2D eigenvalue weighted by atomic mass is 10.3. The van der Waals surface area contributed by atoms with Gasteiger partial charge in [-0.3, -0.25) is 9.59 Å². The Bertz CT molecular complexity index is 947. The van der Waals surface area contributed by atoms with Crippen molar-refractivity contribution in [3.05, 3.63) is 63.4 Å². The van der Waals surface area contributed by atoms with Gasteiger partial charge in [0.25, 0.3) is 11.5 Å². The second-order valence-electron chi connectivity index (χ2n) is 5.31. The lowest BCUT2D eigenvalue weighted by molar-refractivity contribution is 0.0943. The minimum atomic E-state index is -0.352. The largest absolute Gasteiger partial charge is 0.345 e. The molecule has 0 spiro atoms. The highest BCUT2D eigenvalue weighted by molar-refractivity contribution is 6.30. The molecule has 0 aliphatic carbocycles. The van der Waals surface area contributed by atoms with E-state index in [2.05, 4.69) is 15.4 Å². The molecule has 0 saturated carbocycles. The van der Waals surface area contributed by atoms with Crippen molar-refractivity contribution in [2.45, 2.75) is 26.4 Å². The summed E-state index contributed by atoms with van der Waals surface area (Å²) in [4.78, 5) is 28.2. The lowest BCUT2D eigenvalue weighted by Gasteiger charge is -2.06. The Morgan fingerprint density at radius 1 is 1.25 bits per heavy atom. The highest BCUT2D eigenvalue weighted by Crippen LogP contribution is 2.11. The topological polar surface area (TPSA) is 81.3 Å². The van der Waals surface area contributed by atoms with Gasteiger partial charge in [0.1, 0.15) is 11.3 Å². The van der Waals surface area contributed by atoms with Crippen LogP contribution in [-0.2, 0) is 13.1 Å². The third-order valence-corrected chi connectivity index (χ3v) is 3.65. The van der Waals surface area contributed by atoms with Crippen molar-refractivity contribution in [3.63, 3.8) is 0 Å². The number of carbonyl (C=O) groups excluding carboxylic acids is 1. The van der Waals surface area contributed by atoms with Crippen LogP contribution in [0.15, 0.2) is 41.5 Å². The van der Waals surface area contributed by atoms with Crippen molar-refractivity contribution in [1.82, 2.24) is 24.5 Å². The molecule has 3 rings (SSSR count). The van der Waals surface area contributed by atoms with Crippen molar-refractivity contribution < 1.29 is 4.79 Å². The summed E-state index contributed by atoms with van der Waals surface area (Å²) in [7, 11) is 0. The van der Waals surface area contributed by atoms with Gasteiger partial charge in [-0.25, -0.2) is 9.67 Å². The predicted molar refractivity (Wildman–Crippen MR) is 90.2 cm³/mol. The molecule has 0 fully saturated rings. The van der Waals surface area contributed by atoms with Gasteiger partial charge in [0.15, 0.2) is 0 Å². The zero-order chi connectivity index (χ0) is 17.1. The number of aromatic nitrogens is 4. The number of amides is 1. The Morgan fingerprint density at radius 3 is 2.88 bits per heavy atom. The van der Waals surface area contributed by atoms with Crippen molar-refractivity contribution in [3.8, 4) is 0 Å². The zero-order valence-electron chi connectivity index (χ0n) is 13.1. The Hall–Kier alpha value is -2.67. The molecule has 0 atom stereocenters. The molecular formula is C16H16ClN5O2. The summed E-state index contributed by atoms with van der Waals surface area (Å²) in [5.74, 6) is -0.352. The van der Waals surface area contributed by atoms with Crippen molar-refractivity contribution in [2.75, 3.05) is 0 Å². The predicted octanol–water partition coefficient (Wildman–Crippen LogP) is 1.88. The molecule has 1 N–H and O–H groups in total. The first-order valence-corrected chi connectivity index (χ1v) is 7.94. The van der Waals surface area contributed by atoms with E-state index in [1.807, 2.05) is 6.92 Å². The number of nitrogens with zero attached hydrogens (tertiary/aromatic N) is 4. The molecular weight excluding hydrogens is 330 g/mol. The van der Waals surface area contributed by atoms with Gasteiger partial charge in [-0.15, -0.1) is 0 Å². The standard InChI is InChI=1S/C16H16ClN5O2/c1-2-7-22-15(23)6-4-13(20-22)16(24)18-8-12-10-21-9-11(17)3-5-14(21)19-12/h3-6,9-10H,2,7-8H2,1H3,(H,18,24). The normalized spacial score (nSPS) is 10.9. The molecule has 1 amide bonds. The van der Waals surface area contributed by atoms with E-state index in [1.54, 1.807) is 28.9 Å². The molecule has 0 bridgehead atoms. The first kappa shape index (κ1) is 16.2. The molecule has 0 aliphatic heterocycles. The van der Waals surface area contributed by atoms with Crippen LogP contribution in [0.25, 0.3) is 5.65 Å². The Labute approximate surface area is 142 Å². The van der Waals surface area contributed by atoms with E-state index in [4.69, 9.17) is 11.6 Å². The average molecular weight is 346 g/mol. The fourth-order valence-corrected chi connectivity index (χ4v) is 2.47. The Morgan fingerprint density at radius 2 is 2.08 bits per heavy atom. The minimum absolute atomic E-state index is 0.204.